The number of hydrogen-bond donors (Lipinski definition) is 2. The van der Waals surface area contributed by atoms with Crippen LogP contribution in [-0.4, -0.2) is 29.7 Å². The highest BCUT2D eigenvalue weighted by atomic mass is 35.5. The molecule has 0 radical (unpaired) electrons. The van der Waals surface area contributed by atoms with Gasteiger partial charge >= 0.3 is 12.2 Å². The molecule has 1 aliphatic rings. The number of carbonyl (C=O) groups is 3. The SMILES string of the molecule is CC(C)(C)C(=O)N[C@@]1(C(F)(F)F)NC(=O)N(c2ccc(F)c(Cl)c2)C1=O. The van der Waals surface area contributed by atoms with E-state index in [1.54, 1.807) is 5.32 Å². The molecular formula is C15H14ClF4N3O3. The van der Waals surface area contributed by atoms with Crippen LogP contribution in [0.4, 0.5) is 28.0 Å². The van der Waals surface area contributed by atoms with Gasteiger partial charge in [0.25, 0.3) is 11.6 Å². The maximum Gasteiger partial charge on any atom is 0.440 e. The molecule has 1 saturated heterocycles. The van der Waals surface area contributed by atoms with Crippen LogP contribution in [0.5, 0.6) is 0 Å². The van der Waals surface area contributed by atoms with E-state index in [4.69, 9.17) is 11.6 Å². The molecule has 1 aliphatic heterocycles. The first kappa shape index (κ1) is 20.0. The monoisotopic (exact) mass is 395 g/mol. The molecule has 26 heavy (non-hydrogen) atoms. The summed E-state index contributed by atoms with van der Waals surface area (Å²) in [6.07, 6.45) is -5.33. The average Bonchev–Trinajstić information content (AvgIpc) is 2.72. The molecule has 1 aromatic carbocycles. The molecule has 0 unspecified atom stereocenters. The Bertz CT molecular complexity index is 791. The number of hydrogen-bond acceptors (Lipinski definition) is 3. The van der Waals surface area contributed by atoms with Gasteiger partial charge < -0.3 is 5.32 Å². The summed E-state index contributed by atoms with van der Waals surface area (Å²) in [5.41, 5.74) is -5.29. The van der Waals surface area contributed by atoms with Gasteiger partial charge in [-0.25, -0.2) is 14.1 Å². The van der Waals surface area contributed by atoms with Gasteiger partial charge in [-0.2, -0.15) is 13.2 Å². The summed E-state index contributed by atoms with van der Waals surface area (Å²) in [7, 11) is 0. The van der Waals surface area contributed by atoms with Crippen LogP contribution in [0, 0.1) is 11.2 Å². The molecule has 0 aromatic heterocycles. The Morgan fingerprint density at radius 2 is 1.81 bits per heavy atom. The summed E-state index contributed by atoms with van der Waals surface area (Å²) in [5, 5.41) is 2.58. The van der Waals surface area contributed by atoms with Crippen molar-refractivity contribution in [1.29, 1.82) is 0 Å². The molecule has 1 atom stereocenters. The van der Waals surface area contributed by atoms with Crippen molar-refractivity contribution in [2.24, 2.45) is 5.41 Å². The molecule has 1 heterocycles. The smallest absolute Gasteiger partial charge is 0.317 e. The molecule has 2 rings (SSSR count). The zero-order valence-corrected chi connectivity index (χ0v) is 14.5. The van der Waals surface area contributed by atoms with E-state index in [2.05, 4.69) is 0 Å². The third-order valence-electron chi connectivity index (χ3n) is 3.59. The van der Waals surface area contributed by atoms with Crippen LogP contribution >= 0.6 is 11.6 Å². The first-order valence-corrected chi connectivity index (χ1v) is 7.59. The minimum Gasteiger partial charge on any atom is -0.317 e. The number of rotatable bonds is 2. The third kappa shape index (κ3) is 3.20. The van der Waals surface area contributed by atoms with Crippen molar-refractivity contribution in [1.82, 2.24) is 10.6 Å². The molecule has 142 valence electrons. The van der Waals surface area contributed by atoms with Crippen molar-refractivity contribution in [2.75, 3.05) is 4.90 Å². The van der Waals surface area contributed by atoms with Crippen LogP contribution in [0.2, 0.25) is 5.02 Å². The van der Waals surface area contributed by atoms with E-state index in [9.17, 15) is 31.9 Å². The molecule has 1 aromatic rings. The number of amides is 4. The lowest BCUT2D eigenvalue weighted by molar-refractivity contribution is -0.202. The Hall–Kier alpha value is -2.36. The fourth-order valence-corrected chi connectivity index (χ4v) is 2.27. The van der Waals surface area contributed by atoms with E-state index in [1.165, 1.54) is 26.1 Å². The fraction of sp³-hybridized carbons (Fsp3) is 0.400. The summed E-state index contributed by atoms with van der Waals surface area (Å²) in [6, 6.07) is 1.09. The molecule has 11 heteroatoms. The normalized spacial score (nSPS) is 21.0. The Morgan fingerprint density at radius 1 is 1.23 bits per heavy atom. The van der Waals surface area contributed by atoms with Gasteiger partial charge in [-0.3, -0.25) is 14.9 Å². The Labute approximate surface area is 150 Å². The second-order valence-electron chi connectivity index (χ2n) is 6.62. The summed E-state index contributed by atoms with van der Waals surface area (Å²) >= 11 is 5.56. The van der Waals surface area contributed by atoms with E-state index in [1.807, 2.05) is 0 Å². The van der Waals surface area contributed by atoms with Gasteiger partial charge in [-0.1, -0.05) is 32.4 Å². The van der Waals surface area contributed by atoms with E-state index >= 15 is 0 Å². The summed E-state index contributed by atoms with van der Waals surface area (Å²) < 4.78 is 54.2. The second-order valence-corrected chi connectivity index (χ2v) is 7.03. The summed E-state index contributed by atoms with van der Waals surface area (Å²) in [5.74, 6) is -3.77. The van der Waals surface area contributed by atoms with Gasteiger partial charge in [0.15, 0.2) is 0 Å². The van der Waals surface area contributed by atoms with Crippen molar-refractivity contribution < 1.29 is 31.9 Å². The minimum absolute atomic E-state index is 0.141. The van der Waals surface area contributed by atoms with Crippen LogP contribution in [0.1, 0.15) is 20.8 Å². The summed E-state index contributed by atoms with van der Waals surface area (Å²) in [4.78, 5) is 36.8. The zero-order chi connectivity index (χ0) is 20.1. The highest BCUT2D eigenvalue weighted by molar-refractivity contribution is 6.31. The van der Waals surface area contributed by atoms with Gasteiger partial charge in [-0.05, 0) is 18.2 Å². The Kier molecular flexibility index (Phi) is 4.69. The van der Waals surface area contributed by atoms with E-state index in [0.29, 0.717) is 0 Å². The number of benzene rings is 1. The van der Waals surface area contributed by atoms with Crippen LogP contribution in [0.25, 0.3) is 0 Å². The molecule has 0 saturated carbocycles. The van der Waals surface area contributed by atoms with E-state index in [-0.39, 0.29) is 10.6 Å². The standard InChI is InChI=1S/C15H14ClF4N3O3/c1-13(2,3)10(24)21-14(15(18,19)20)11(25)23(12(26)22-14)7-4-5-9(17)8(16)6-7/h4-6H,1-3H3,(H,21,24)(H,22,26)/t14-/m1/s1. The minimum atomic E-state index is -5.33. The quantitative estimate of drug-likeness (QED) is 0.597. The number of urea groups is 1. The summed E-state index contributed by atoms with van der Waals surface area (Å²) in [6.45, 7) is 4.02. The average molecular weight is 396 g/mol. The predicted molar refractivity (Wildman–Crippen MR) is 83.8 cm³/mol. The zero-order valence-electron chi connectivity index (χ0n) is 13.8. The molecular weight excluding hydrogens is 382 g/mol. The van der Waals surface area contributed by atoms with Crippen LogP contribution in [0.3, 0.4) is 0 Å². The number of imide groups is 1. The molecule has 1 fully saturated rings. The number of carbonyl (C=O) groups excluding carboxylic acids is 3. The number of nitrogens with zero attached hydrogens (tertiary/aromatic N) is 1. The van der Waals surface area contributed by atoms with Crippen molar-refractivity contribution in [2.45, 2.75) is 32.6 Å². The maximum absolute atomic E-state index is 13.7. The highest BCUT2D eigenvalue weighted by Gasteiger charge is 2.69. The molecule has 6 nitrogen and oxygen atoms in total. The van der Waals surface area contributed by atoms with Gasteiger partial charge in [0.2, 0.25) is 5.91 Å². The molecule has 0 bridgehead atoms. The first-order chi connectivity index (χ1) is 11.7. The van der Waals surface area contributed by atoms with Gasteiger partial charge in [-0.15, -0.1) is 0 Å². The first-order valence-electron chi connectivity index (χ1n) is 7.22. The molecule has 0 spiro atoms. The second kappa shape index (κ2) is 6.11. The van der Waals surface area contributed by atoms with E-state index < -0.39 is 45.9 Å². The lowest BCUT2D eigenvalue weighted by Gasteiger charge is -2.32. The lowest BCUT2D eigenvalue weighted by Crippen LogP contribution is -2.70. The topological polar surface area (TPSA) is 78.5 Å². The van der Waals surface area contributed by atoms with Gasteiger partial charge in [0.1, 0.15) is 5.82 Å². The molecule has 2 N–H and O–H groups in total. The highest BCUT2D eigenvalue weighted by Crippen LogP contribution is 2.37. The van der Waals surface area contributed by atoms with Crippen molar-refractivity contribution in [3.05, 3.63) is 29.0 Å². The fourth-order valence-electron chi connectivity index (χ4n) is 2.09. The Balaban J connectivity index is 2.52. The van der Waals surface area contributed by atoms with Gasteiger partial charge in [0, 0.05) is 5.41 Å². The number of alkyl halides is 3. The predicted octanol–water partition coefficient (Wildman–Crippen LogP) is 2.96. The van der Waals surface area contributed by atoms with Crippen LogP contribution < -0.4 is 15.5 Å². The van der Waals surface area contributed by atoms with Crippen molar-refractivity contribution >= 4 is 35.1 Å². The number of anilines is 1. The number of halogens is 5. The lowest BCUT2D eigenvalue weighted by atomic mass is 9.94. The number of nitrogens with one attached hydrogen (secondary N) is 2. The van der Waals surface area contributed by atoms with Crippen LogP contribution in [0.15, 0.2) is 18.2 Å². The van der Waals surface area contributed by atoms with E-state index in [0.717, 1.165) is 18.2 Å². The van der Waals surface area contributed by atoms with Crippen molar-refractivity contribution in [3.63, 3.8) is 0 Å². The maximum atomic E-state index is 13.7. The van der Waals surface area contributed by atoms with Crippen LogP contribution in [-0.2, 0) is 9.59 Å². The molecule has 4 amide bonds. The molecule has 0 aliphatic carbocycles. The largest absolute Gasteiger partial charge is 0.440 e. The third-order valence-corrected chi connectivity index (χ3v) is 3.88. The van der Waals surface area contributed by atoms with Crippen molar-refractivity contribution in [3.8, 4) is 0 Å². The van der Waals surface area contributed by atoms with Gasteiger partial charge in [0.05, 0.1) is 10.7 Å². The Morgan fingerprint density at radius 3 is 2.27 bits per heavy atom.